The Morgan fingerprint density at radius 2 is 1.83 bits per heavy atom. The van der Waals surface area contributed by atoms with Crippen LogP contribution in [-0.2, 0) is 0 Å². The average Bonchev–Trinajstić information content (AvgIpc) is 2.56. The molecule has 0 bridgehead atoms. The second kappa shape index (κ2) is 7.85. The number of carbonyl (C=O) groups is 2. The van der Waals surface area contributed by atoms with Crippen molar-refractivity contribution in [3.05, 3.63) is 29.8 Å². The van der Waals surface area contributed by atoms with Gasteiger partial charge in [-0.05, 0) is 38.8 Å². The fraction of sp³-hybridized carbons (Fsp3) is 0.529. The van der Waals surface area contributed by atoms with Gasteiger partial charge in [0.25, 0.3) is 5.91 Å². The Morgan fingerprint density at radius 1 is 1.22 bits per heavy atom. The first-order valence-electron chi connectivity index (χ1n) is 8.19. The fourth-order valence-electron chi connectivity index (χ4n) is 2.83. The van der Waals surface area contributed by atoms with Crippen molar-refractivity contribution in [2.75, 3.05) is 26.2 Å². The van der Waals surface area contributed by atoms with Crippen LogP contribution in [0.15, 0.2) is 24.3 Å². The lowest BCUT2D eigenvalue weighted by Gasteiger charge is -2.33. The highest BCUT2D eigenvalue weighted by Gasteiger charge is 2.26. The van der Waals surface area contributed by atoms with Crippen LogP contribution in [0.25, 0.3) is 0 Å². The first-order chi connectivity index (χ1) is 11.1. The van der Waals surface area contributed by atoms with Gasteiger partial charge < -0.3 is 20.2 Å². The number of hydrogen-bond donors (Lipinski definition) is 2. The molecular weight excluding hydrogens is 294 g/mol. The van der Waals surface area contributed by atoms with Gasteiger partial charge in [-0.3, -0.25) is 4.79 Å². The number of aromatic hydroxyl groups is 1. The van der Waals surface area contributed by atoms with Gasteiger partial charge in [-0.25, -0.2) is 4.79 Å². The third kappa shape index (κ3) is 4.15. The summed E-state index contributed by atoms with van der Waals surface area (Å²) in [5, 5.41) is 12.8. The van der Waals surface area contributed by atoms with E-state index in [0.717, 1.165) is 12.8 Å². The predicted molar refractivity (Wildman–Crippen MR) is 88.5 cm³/mol. The topological polar surface area (TPSA) is 72.9 Å². The van der Waals surface area contributed by atoms with Crippen molar-refractivity contribution in [3.63, 3.8) is 0 Å². The number of amides is 3. The maximum atomic E-state index is 12.4. The van der Waals surface area contributed by atoms with Gasteiger partial charge in [0.2, 0.25) is 0 Å². The van der Waals surface area contributed by atoms with Gasteiger partial charge >= 0.3 is 6.03 Å². The average molecular weight is 319 g/mol. The van der Waals surface area contributed by atoms with Crippen molar-refractivity contribution < 1.29 is 14.7 Å². The summed E-state index contributed by atoms with van der Waals surface area (Å²) in [5.74, 6) is -0.147. The summed E-state index contributed by atoms with van der Waals surface area (Å²) >= 11 is 0. The molecular formula is C17H25N3O3. The number of carbonyl (C=O) groups excluding carboxylic acids is 2. The van der Waals surface area contributed by atoms with Gasteiger partial charge in [0.1, 0.15) is 5.75 Å². The SMILES string of the molecule is CCN(CC)C(=O)NC1CCN(C(=O)c2ccccc2O)CC1. The molecule has 1 fully saturated rings. The van der Waals surface area contributed by atoms with Crippen molar-refractivity contribution in [1.29, 1.82) is 0 Å². The number of likely N-dealkylation sites (tertiary alicyclic amines) is 1. The Bertz CT molecular complexity index is 550. The van der Waals surface area contributed by atoms with Gasteiger partial charge in [-0.1, -0.05) is 12.1 Å². The fourth-order valence-corrected chi connectivity index (χ4v) is 2.83. The number of phenols is 1. The maximum Gasteiger partial charge on any atom is 0.317 e. The number of phenolic OH excluding ortho intramolecular Hbond substituents is 1. The summed E-state index contributed by atoms with van der Waals surface area (Å²) in [7, 11) is 0. The summed E-state index contributed by atoms with van der Waals surface area (Å²) in [6.45, 7) is 6.44. The molecule has 2 rings (SSSR count). The molecule has 1 aliphatic heterocycles. The number of hydrogen-bond acceptors (Lipinski definition) is 3. The minimum atomic E-state index is -0.156. The smallest absolute Gasteiger partial charge is 0.317 e. The molecule has 0 radical (unpaired) electrons. The lowest BCUT2D eigenvalue weighted by atomic mass is 10.0. The molecule has 6 nitrogen and oxygen atoms in total. The number of nitrogens with zero attached hydrogens (tertiary/aromatic N) is 2. The van der Waals surface area contributed by atoms with E-state index in [0.29, 0.717) is 31.7 Å². The van der Waals surface area contributed by atoms with E-state index in [1.54, 1.807) is 28.0 Å². The Morgan fingerprint density at radius 3 is 2.39 bits per heavy atom. The third-order valence-corrected chi connectivity index (χ3v) is 4.29. The summed E-state index contributed by atoms with van der Waals surface area (Å²) < 4.78 is 0. The largest absolute Gasteiger partial charge is 0.507 e. The van der Waals surface area contributed by atoms with Crippen molar-refractivity contribution in [2.24, 2.45) is 0 Å². The second-order valence-electron chi connectivity index (χ2n) is 5.71. The van der Waals surface area contributed by atoms with E-state index in [-0.39, 0.29) is 23.7 Å². The molecule has 3 amide bonds. The molecule has 0 spiro atoms. The standard InChI is InChI=1S/C17H25N3O3/c1-3-19(4-2)17(23)18-13-9-11-20(12-10-13)16(22)14-7-5-6-8-15(14)21/h5-8,13,21H,3-4,9-12H2,1-2H3,(H,18,23). The Kier molecular flexibility index (Phi) is 5.84. The number of rotatable bonds is 4. The molecule has 126 valence electrons. The molecule has 0 unspecified atom stereocenters. The van der Waals surface area contributed by atoms with Crippen LogP contribution in [0.5, 0.6) is 5.75 Å². The third-order valence-electron chi connectivity index (χ3n) is 4.29. The highest BCUT2D eigenvalue weighted by molar-refractivity contribution is 5.96. The quantitative estimate of drug-likeness (QED) is 0.892. The number of piperidine rings is 1. The van der Waals surface area contributed by atoms with Gasteiger partial charge in [0.05, 0.1) is 5.56 Å². The van der Waals surface area contributed by atoms with Crippen LogP contribution >= 0.6 is 0 Å². The zero-order chi connectivity index (χ0) is 16.8. The highest BCUT2D eigenvalue weighted by Crippen LogP contribution is 2.20. The minimum Gasteiger partial charge on any atom is -0.507 e. The molecule has 6 heteroatoms. The van der Waals surface area contributed by atoms with Gasteiger partial charge in [-0.2, -0.15) is 0 Å². The minimum absolute atomic E-state index is 0.00876. The van der Waals surface area contributed by atoms with Crippen molar-refractivity contribution in [1.82, 2.24) is 15.1 Å². The Labute approximate surface area is 137 Å². The van der Waals surface area contributed by atoms with Crippen molar-refractivity contribution in [2.45, 2.75) is 32.7 Å². The maximum absolute atomic E-state index is 12.4. The first kappa shape index (κ1) is 17.1. The van der Waals surface area contributed by atoms with Gasteiger partial charge in [-0.15, -0.1) is 0 Å². The van der Waals surface area contributed by atoms with Crippen LogP contribution in [0.1, 0.15) is 37.0 Å². The summed E-state index contributed by atoms with van der Waals surface area (Å²) in [6, 6.07) is 6.64. The normalized spacial score (nSPS) is 15.3. The zero-order valence-corrected chi connectivity index (χ0v) is 13.8. The predicted octanol–water partition coefficient (Wildman–Crippen LogP) is 2.05. The molecule has 0 aromatic heterocycles. The second-order valence-corrected chi connectivity index (χ2v) is 5.71. The lowest BCUT2D eigenvalue weighted by Crippen LogP contribution is -2.50. The van der Waals surface area contributed by atoms with Crippen molar-refractivity contribution >= 4 is 11.9 Å². The monoisotopic (exact) mass is 319 g/mol. The van der Waals surface area contributed by atoms with E-state index in [2.05, 4.69) is 5.32 Å². The van der Waals surface area contributed by atoms with Crippen molar-refractivity contribution in [3.8, 4) is 5.75 Å². The molecule has 0 atom stereocenters. The Hall–Kier alpha value is -2.24. The number of para-hydroxylation sites is 1. The van der Waals surface area contributed by atoms with Crippen LogP contribution in [-0.4, -0.2) is 59.1 Å². The number of nitrogens with one attached hydrogen (secondary N) is 1. The van der Waals surface area contributed by atoms with Crippen LogP contribution in [0, 0.1) is 0 Å². The molecule has 0 aliphatic carbocycles. The lowest BCUT2D eigenvalue weighted by molar-refractivity contribution is 0.0703. The number of benzene rings is 1. The highest BCUT2D eigenvalue weighted by atomic mass is 16.3. The Balaban J connectivity index is 1.88. The summed E-state index contributed by atoms with van der Waals surface area (Å²) in [4.78, 5) is 28.0. The molecule has 1 aliphatic rings. The van der Waals surface area contributed by atoms with Crippen LogP contribution < -0.4 is 5.32 Å². The van der Waals surface area contributed by atoms with E-state index in [1.807, 2.05) is 13.8 Å². The van der Waals surface area contributed by atoms with E-state index < -0.39 is 0 Å². The van der Waals surface area contributed by atoms with E-state index >= 15 is 0 Å². The van der Waals surface area contributed by atoms with E-state index in [9.17, 15) is 14.7 Å². The first-order valence-corrected chi connectivity index (χ1v) is 8.19. The van der Waals surface area contributed by atoms with Crippen LogP contribution in [0.4, 0.5) is 4.79 Å². The molecule has 1 aromatic carbocycles. The summed E-state index contributed by atoms with van der Waals surface area (Å²) in [6.07, 6.45) is 1.46. The molecule has 1 aromatic rings. The molecule has 2 N–H and O–H groups in total. The molecule has 1 heterocycles. The number of urea groups is 1. The van der Waals surface area contributed by atoms with Gasteiger partial charge in [0, 0.05) is 32.2 Å². The summed E-state index contributed by atoms with van der Waals surface area (Å²) in [5.41, 5.74) is 0.332. The van der Waals surface area contributed by atoms with Crippen LogP contribution in [0.2, 0.25) is 0 Å². The van der Waals surface area contributed by atoms with E-state index in [4.69, 9.17) is 0 Å². The van der Waals surface area contributed by atoms with Gasteiger partial charge in [0.15, 0.2) is 0 Å². The van der Waals surface area contributed by atoms with Crippen LogP contribution in [0.3, 0.4) is 0 Å². The molecule has 0 saturated carbocycles. The zero-order valence-electron chi connectivity index (χ0n) is 13.8. The molecule has 23 heavy (non-hydrogen) atoms. The van der Waals surface area contributed by atoms with E-state index in [1.165, 1.54) is 6.07 Å². The molecule has 1 saturated heterocycles.